The zero-order valence-corrected chi connectivity index (χ0v) is 18.1. The molecule has 0 aliphatic carbocycles. The van der Waals surface area contributed by atoms with Gasteiger partial charge < -0.3 is 14.8 Å². The molecule has 0 aliphatic rings. The molecule has 162 valence electrons. The summed E-state index contributed by atoms with van der Waals surface area (Å²) in [5.41, 5.74) is 2.31. The van der Waals surface area contributed by atoms with Crippen molar-refractivity contribution in [3.8, 4) is 28.4 Å². The minimum Gasteiger partial charge on any atom is -0.497 e. The Balaban J connectivity index is 1.84. The molecule has 0 spiro atoms. The van der Waals surface area contributed by atoms with Crippen molar-refractivity contribution in [2.45, 2.75) is 0 Å². The highest BCUT2D eigenvalue weighted by atomic mass is 35.5. The Morgan fingerprint density at radius 2 is 1.81 bits per heavy atom. The summed E-state index contributed by atoms with van der Waals surface area (Å²) in [5, 5.41) is 7.49. The van der Waals surface area contributed by atoms with Gasteiger partial charge in [-0.3, -0.25) is 4.79 Å². The average Bonchev–Trinajstić information content (AvgIpc) is 3.26. The number of hydrogen-bond donors (Lipinski definition) is 1. The number of aromatic nitrogens is 2. The van der Waals surface area contributed by atoms with Crippen LogP contribution in [0.5, 0.6) is 11.5 Å². The number of methoxy groups -OCH3 is 2. The second kappa shape index (κ2) is 9.11. The van der Waals surface area contributed by atoms with Crippen LogP contribution in [-0.4, -0.2) is 29.9 Å². The first-order valence-electron chi connectivity index (χ1n) is 9.64. The molecule has 3 aromatic carbocycles. The van der Waals surface area contributed by atoms with Crippen LogP contribution < -0.4 is 14.8 Å². The fraction of sp³-hybridized carbons (Fsp3) is 0.0833. The van der Waals surface area contributed by atoms with E-state index in [4.69, 9.17) is 21.1 Å². The van der Waals surface area contributed by atoms with E-state index in [1.54, 1.807) is 36.2 Å². The fourth-order valence-corrected chi connectivity index (χ4v) is 3.45. The van der Waals surface area contributed by atoms with Crippen LogP contribution in [0.2, 0.25) is 5.02 Å². The molecule has 1 amide bonds. The van der Waals surface area contributed by atoms with E-state index in [1.807, 2.05) is 30.3 Å². The molecule has 0 aliphatic heterocycles. The maximum absolute atomic E-state index is 13.4. The van der Waals surface area contributed by atoms with Gasteiger partial charge in [-0.25, -0.2) is 9.07 Å². The predicted octanol–water partition coefficient (Wildman–Crippen LogP) is 5.60. The predicted molar refractivity (Wildman–Crippen MR) is 121 cm³/mol. The van der Waals surface area contributed by atoms with Gasteiger partial charge in [0, 0.05) is 11.8 Å². The van der Waals surface area contributed by atoms with Crippen molar-refractivity contribution in [1.82, 2.24) is 9.78 Å². The lowest BCUT2D eigenvalue weighted by Gasteiger charge is -2.11. The Hall–Kier alpha value is -3.84. The second-order valence-corrected chi connectivity index (χ2v) is 7.22. The van der Waals surface area contributed by atoms with E-state index in [0.717, 1.165) is 11.8 Å². The van der Waals surface area contributed by atoms with Crippen LogP contribution in [-0.2, 0) is 0 Å². The summed E-state index contributed by atoms with van der Waals surface area (Å²) in [4.78, 5) is 13.3. The van der Waals surface area contributed by atoms with E-state index in [1.165, 1.54) is 19.2 Å². The lowest BCUT2D eigenvalue weighted by Crippen LogP contribution is -2.13. The molecule has 4 rings (SSSR count). The first kappa shape index (κ1) is 21.4. The largest absolute Gasteiger partial charge is 0.497 e. The molecule has 0 fully saturated rings. The van der Waals surface area contributed by atoms with Gasteiger partial charge in [-0.1, -0.05) is 29.8 Å². The normalized spacial score (nSPS) is 10.6. The minimum atomic E-state index is -0.494. The zero-order valence-electron chi connectivity index (χ0n) is 17.3. The van der Waals surface area contributed by atoms with Gasteiger partial charge in [0.05, 0.1) is 36.2 Å². The fourth-order valence-electron chi connectivity index (χ4n) is 3.23. The number of benzene rings is 3. The monoisotopic (exact) mass is 451 g/mol. The van der Waals surface area contributed by atoms with E-state index in [0.29, 0.717) is 22.8 Å². The lowest BCUT2D eigenvalue weighted by molar-refractivity contribution is 0.102. The molecule has 0 radical (unpaired) electrons. The van der Waals surface area contributed by atoms with Crippen LogP contribution in [0.4, 0.5) is 10.1 Å². The Morgan fingerprint density at radius 3 is 2.50 bits per heavy atom. The SMILES string of the molecule is COc1ccc(OC)c(-c2nn(-c3ccccc3)cc2C(=O)Nc2ccc(F)cc2Cl)c1. The molecular formula is C24H19ClFN3O3. The van der Waals surface area contributed by atoms with Gasteiger partial charge in [-0.05, 0) is 48.5 Å². The molecule has 8 heteroatoms. The van der Waals surface area contributed by atoms with Crippen LogP contribution in [0, 0.1) is 5.82 Å². The quantitative estimate of drug-likeness (QED) is 0.414. The number of hydrogen-bond acceptors (Lipinski definition) is 4. The van der Waals surface area contributed by atoms with Gasteiger partial charge in [0.25, 0.3) is 5.91 Å². The van der Waals surface area contributed by atoms with Crippen LogP contribution in [0.1, 0.15) is 10.4 Å². The van der Waals surface area contributed by atoms with E-state index < -0.39 is 11.7 Å². The summed E-state index contributed by atoms with van der Waals surface area (Å²) in [6.45, 7) is 0. The van der Waals surface area contributed by atoms with Crippen molar-refractivity contribution in [3.05, 3.63) is 89.3 Å². The molecule has 0 bridgehead atoms. The Morgan fingerprint density at radius 1 is 1.03 bits per heavy atom. The van der Waals surface area contributed by atoms with Gasteiger partial charge in [0.1, 0.15) is 23.0 Å². The number of halogens is 2. The molecule has 32 heavy (non-hydrogen) atoms. The Labute approximate surface area is 189 Å². The molecular weight excluding hydrogens is 433 g/mol. The summed E-state index contributed by atoms with van der Waals surface area (Å²) in [6, 6.07) is 18.4. The molecule has 1 N–H and O–H groups in total. The third-order valence-corrected chi connectivity index (χ3v) is 5.13. The van der Waals surface area contributed by atoms with Crippen molar-refractivity contribution >= 4 is 23.2 Å². The van der Waals surface area contributed by atoms with Crippen LogP contribution in [0.15, 0.2) is 72.9 Å². The standard InChI is InChI=1S/C24H19ClFN3O3/c1-31-17-9-11-22(32-2)18(13-17)23-19(14-29(28-23)16-6-4-3-5-7-16)24(30)27-21-10-8-15(26)12-20(21)25/h3-14H,1-2H3,(H,27,30). The number of rotatable bonds is 6. The van der Waals surface area contributed by atoms with Crippen molar-refractivity contribution in [2.75, 3.05) is 19.5 Å². The maximum atomic E-state index is 13.4. The van der Waals surface area contributed by atoms with E-state index in [2.05, 4.69) is 10.4 Å². The molecule has 0 saturated carbocycles. The topological polar surface area (TPSA) is 65.4 Å². The van der Waals surface area contributed by atoms with Crippen molar-refractivity contribution < 1.29 is 18.7 Å². The van der Waals surface area contributed by atoms with Crippen LogP contribution >= 0.6 is 11.6 Å². The summed E-state index contributed by atoms with van der Waals surface area (Å²) in [6.07, 6.45) is 1.62. The number of amides is 1. The number of carbonyl (C=O) groups is 1. The second-order valence-electron chi connectivity index (χ2n) is 6.82. The number of nitrogens with zero attached hydrogens (tertiary/aromatic N) is 2. The lowest BCUT2D eigenvalue weighted by atomic mass is 10.1. The molecule has 0 unspecified atom stereocenters. The van der Waals surface area contributed by atoms with Gasteiger partial charge in [0.15, 0.2) is 0 Å². The number of para-hydroxylation sites is 1. The summed E-state index contributed by atoms with van der Waals surface area (Å²) in [5.74, 6) is 0.160. The van der Waals surface area contributed by atoms with E-state index in [-0.39, 0.29) is 16.3 Å². The van der Waals surface area contributed by atoms with E-state index >= 15 is 0 Å². The van der Waals surface area contributed by atoms with Crippen LogP contribution in [0.3, 0.4) is 0 Å². The molecule has 1 aromatic heterocycles. The van der Waals surface area contributed by atoms with Gasteiger partial charge in [-0.15, -0.1) is 0 Å². The molecule has 0 saturated heterocycles. The van der Waals surface area contributed by atoms with Crippen LogP contribution in [0.25, 0.3) is 16.9 Å². The number of carbonyl (C=O) groups excluding carboxylic acids is 1. The molecule has 0 atom stereocenters. The number of nitrogens with one attached hydrogen (secondary N) is 1. The van der Waals surface area contributed by atoms with Crippen molar-refractivity contribution in [3.63, 3.8) is 0 Å². The van der Waals surface area contributed by atoms with Crippen molar-refractivity contribution in [1.29, 1.82) is 0 Å². The van der Waals surface area contributed by atoms with Gasteiger partial charge >= 0.3 is 0 Å². The molecule has 1 heterocycles. The van der Waals surface area contributed by atoms with E-state index in [9.17, 15) is 9.18 Å². The third kappa shape index (κ3) is 4.29. The average molecular weight is 452 g/mol. The first-order chi connectivity index (χ1) is 15.5. The number of anilines is 1. The van der Waals surface area contributed by atoms with Gasteiger partial charge in [-0.2, -0.15) is 5.10 Å². The maximum Gasteiger partial charge on any atom is 0.259 e. The summed E-state index contributed by atoms with van der Waals surface area (Å²) >= 11 is 6.09. The smallest absolute Gasteiger partial charge is 0.259 e. The highest BCUT2D eigenvalue weighted by Gasteiger charge is 2.22. The third-order valence-electron chi connectivity index (χ3n) is 4.82. The van der Waals surface area contributed by atoms with Crippen molar-refractivity contribution in [2.24, 2.45) is 0 Å². The Kier molecular flexibility index (Phi) is 6.09. The summed E-state index contributed by atoms with van der Waals surface area (Å²) in [7, 11) is 3.09. The highest BCUT2D eigenvalue weighted by molar-refractivity contribution is 6.34. The van der Waals surface area contributed by atoms with Gasteiger partial charge in [0.2, 0.25) is 0 Å². The first-order valence-corrected chi connectivity index (χ1v) is 10.0. The minimum absolute atomic E-state index is 0.0920. The Bertz CT molecular complexity index is 1270. The molecule has 4 aromatic rings. The number of ether oxygens (including phenoxy) is 2. The molecule has 6 nitrogen and oxygen atoms in total. The zero-order chi connectivity index (χ0) is 22.7. The highest BCUT2D eigenvalue weighted by Crippen LogP contribution is 2.35. The summed E-state index contributed by atoms with van der Waals surface area (Å²) < 4.78 is 25.9.